The predicted molar refractivity (Wildman–Crippen MR) is 127 cm³/mol. The highest BCUT2D eigenvalue weighted by molar-refractivity contribution is 6.12. The minimum Gasteiger partial charge on any atom is -0.378 e. The average molecular weight is 509 g/mol. The van der Waals surface area contributed by atoms with E-state index in [4.69, 9.17) is 4.74 Å². The summed E-state index contributed by atoms with van der Waals surface area (Å²) in [6.07, 6.45) is 0. The van der Waals surface area contributed by atoms with Gasteiger partial charge in [-0.2, -0.15) is 0 Å². The minimum atomic E-state index is -1.69. The fraction of sp³-hybridized carbons (Fsp3) is 0.148. The lowest BCUT2D eigenvalue weighted by molar-refractivity contribution is 0.0757. The number of fused-ring (bicyclic) bond motifs is 1. The largest absolute Gasteiger partial charge is 0.378 e. The van der Waals surface area contributed by atoms with E-state index < -0.39 is 46.2 Å². The van der Waals surface area contributed by atoms with E-state index in [1.807, 2.05) is 0 Å². The van der Waals surface area contributed by atoms with Gasteiger partial charge < -0.3 is 15.4 Å². The second-order valence-corrected chi connectivity index (χ2v) is 8.43. The molecule has 0 spiro atoms. The summed E-state index contributed by atoms with van der Waals surface area (Å²) in [5.74, 6) is -7.48. The van der Waals surface area contributed by atoms with E-state index in [9.17, 15) is 22.8 Å². The second-order valence-electron chi connectivity index (χ2n) is 8.43. The highest BCUT2D eigenvalue weighted by atomic mass is 19.2. The van der Waals surface area contributed by atoms with Gasteiger partial charge in [0.05, 0.1) is 41.7 Å². The van der Waals surface area contributed by atoms with Crippen molar-refractivity contribution in [1.29, 1.82) is 0 Å². The number of nitrogens with zero attached hydrogens (tertiary/aromatic N) is 1. The Bertz CT molecular complexity index is 1540. The summed E-state index contributed by atoms with van der Waals surface area (Å²) in [5, 5.41) is 5.89. The second kappa shape index (κ2) is 10.1. The Morgan fingerprint density at radius 1 is 0.946 bits per heavy atom. The molecule has 0 bridgehead atoms. The van der Waals surface area contributed by atoms with E-state index in [0.717, 1.165) is 17.8 Å². The van der Waals surface area contributed by atoms with Gasteiger partial charge in [-0.25, -0.2) is 17.6 Å². The van der Waals surface area contributed by atoms with Crippen molar-refractivity contribution in [3.05, 3.63) is 106 Å². The zero-order valence-electron chi connectivity index (χ0n) is 19.2. The van der Waals surface area contributed by atoms with Crippen LogP contribution in [0.1, 0.15) is 38.0 Å². The molecule has 188 valence electrons. The fourth-order valence-electron chi connectivity index (χ4n) is 4.09. The number of morpholine rings is 1. The normalized spacial score (nSPS) is 15.5. The van der Waals surface area contributed by atoms with Crippen LogP contribution in [0.3, 0.4) is 0 Å². The van der Waals surface area contributed by atoms with E-state index >= 15 is 4.39 Å². The van der Waals surface area contributed by atoms with Gasteiger partial charge in [-0.3, -0.25) is 14.6 Å². The lowest BCUT2D eigenvalue weighted by Crippen LogP contribution is -2.35. The molecular weight excluding hydrogens is 490 g/mol. The number of halogens is 4. The Hall–Kier alpha value is -4.15. The van der Waals surface area contributed by atoms with Crippen LogP contribution in [0.2, 0.25) is 0 Å². The summed E-state index contributed by atoms with van der Waals surface area (Å²) in [5.41, 5.74) is -0.912. The predicted octanol–water partition coefficient (Wildman–Crippen LogP) is 4.94. The van der Waals surface area contributed by atoms with Gasteiger partial charge in [0.1, 0.15) is 5.82 Å². The molecule has 1 atom stereocenters. The molecule has 10 heteroatoms. The first-order valence-corrected chi connectivity index (χ1v) is 11.3. The Morgan fingerprint density at radius 3 is 2.54 bits per heavy atom. The van der Waals surface area contributed by atoms with Gasteiger partial charge in [0.25, 0.3) is 5.91 Å². The molecule has 2 N–H and O–H groups in total. The summed E-state index contributed by atoms with van der Waals surface area (Å²) in [6, 6.07) is 12.6. The van der Waals surface area contributed by atoms with Gasteiger partial charge in [-0.05, 0) is 42.5 Å². The molecule has 1 aliphatic heterocycles. The summed E-state index contributed by atoms with van der Waals surface area (Å²) in [7, 11) is 0. The molecule has 1 aliphatic rings. The van der Waals surface area contributed by atoms with E-state index in [-0.39, 0.29) is 17.2 Å². The first-order chi connectivity index (χ1) is 17.8. The molecule has 0 saturated carbocycles. The fourth-order valence-corrected chi connectivity index (χ4v) is 4.09. The summed E-state index contributed by atoms with van der Waals surface area (Å²) in [4.78, 5) is 30.1. The molecule has 1 unspecified atom stereocenters. The summed E-state index contributed by atoms with van der Waals surface area (Å²) < 4.78 is 63.1. The van der Waals surface area contributed by atoms with Crippen molar-refractivity contribution in [3.8, 4) is 0 Å². The first kappa shape index (κ1) is 24.5. The maximum Gasteiger partial charge on any atom is 0.255 e. The number of amides is 1. The SMILES string of the molecule is O=C(Nc1cc(F)c(F)c(C(=O)c2ccc3nc(C4COCCN4)ccc3c2)c1F)c1cccc(F)c1. The Balaban J connectivity index is 1.46. The molecule has 1 fully saturated rings. The number of anilines is 1. The monoisotopic (exact) mass is 509 g/mol. The molecule has 2 heterocycles. The maximum absolute atomic E-state index is 15.2. The third kappa shape index (κ3) is 4.93. The third-order valence-electron chi connectivity index (χ3n) is 5.97. The van der Waals surface area contributed by atoms with Crippen LogP contribution in [0.25, 0.3) is 10.9 Å². The molecule has 4 aromatic rings. The number of hydrogen-bond donors (Lipinski definition) is 2. The van der Waals surface area contributed by atoms with Crippen LogP contribution in [-0.2, 0) is 4.74 Å². The molecule has 6 nitrogen and oxygen atoms in total. The number of aromatic nitrogens is 1. The quantitative estimate of drug-likeness (QED) is 0.227. The highest BCUT2D eigenvalue weighted by Crippen LogP contribution is 2.28. The first-order valence-electron chi connectivity index (χ1n) is 11.3. The van der Waals surface area contributed by atoms with Crippen molar-refractivity contribution < 1.29 is 31.9 Å². The number of benzene rings is 3. The lowest BCUT2D eigenvalue weighted by Gasteiger charge is -2.23. The Labute approximate surface area is 208 Å². The van der Waals surface area contributed by atoms with Crippen molar-refractivity contribution in [2.75, 3.05) is 25.1 Å². The van der Waals surface area contributed by atoms with Gasteiger partial charge in [0, 0.05) is 29.1 Å². The molecule has 1 aromatic heterocycles. The van der Waals surface area contributed by atoms with Crippen molar-refractivity contribution in [1.82, 2.24) is 10.3 Å². The Kier molecular flexibility index (Phi) is 6.68. The van der Waals surface area contributed by atoms with Gasteiger partial charge in [0.2, 0.25) is 0 Å². The van der Waals surface area contributed by atoms with Crippen molar-refractivity contribution >= 4 is 28.3 Å². The summed E-state index contributed by atoms with van der Waals surface area (Å²) in [6.45, 7) is 1.76. The number of rotatable bonds is 5. The van der Waals surface area contributed by atoms with Crippen LogP contribution in [0.15, 0.2) is 60.7 Å². The zero-order valence-corrected chi connectivity index (χ0v) is 19.2. The standard InChI is InChI=1S/C27H19F4N3O3/c28-17-3-1-2-16(11-17)27(36)34-21-12-18(29)24(30)23(25(21)31)26(35)15-5-6-19-14(10-15)4-7-20(33-19)22-13-37-9-8-32-22/h1-7,10-12,22,32H,8-9,13H2,(H,34,36). The topological polar surface area (TPSA) is 80.3 Å². The van der Waals surface area contributed by atoms with Crippen molar-refractivity contribution in [3.63, 3.8) is 0 Å². The highest BCUT2D eigenvalue weighted by Gasteiger charge is 2.27. The number of ketones is 1. The minimum absolute atomic E-state index is 0.0871. The number of carbonyl (C=O) groups excluding carboxylic acids is 2. The van der Waals surface area contributed by atoms with E-state index in [2.05, 4.69) is 15.6 Å². The molecular formula is C27H19F4N3O3. The van der Waals surface area contributed by atoms with Gasteiger partial charge in [-0.1, -0.05) is 12.1 Å². The van der Waals surface area contributed by atoms with Crippen LogP contribution >= 0.6 is 0 Å². The number of hydrogen-bond acceptors (Lipinski definition) is 5. The number of ether oxygens (including phenoxy) is 1. The van der Waals surface area contributed by atoms with Crippen molar-refractivity contribution in [2.24, 2.45) is 0 Å². The molecule has 0 aliphatic carbocycles. The van der Waals surface area contributed by atoms with E-state index in [1.165, 1.54) is 30.3 Å². The molecule has 1 saturated heterocycles. The van der Waals surface area contributed by atoms with Crippen LogP contribution in [0, 0.1) is 23.3 Å². The van der Waals surface area contributed by atoms with Crippen LogP contribution in [0.4, 0.5) is 23.2 Å². The Morgan fingerprint density at radius 2 is 1.78 bits per heavy atom. The van der Waals surface area contributed by atoms with E-state index in [0.29, 0.717) is 36.7 Å². The number of pyridine rings is 1. The molecule has 1 amide bonds. The van der Waals surface area contributed by atoms with Crippen molar-refractivity contribution in [2.45, 2.75) is 6.04 Å². The van der Waals surface area contributed by atoms with Crippen LogP contribution < -0.4 is 10.6 Å². The lowest BCUT2D eigenvalue weighted by atomic mass is 9.99. The molecule has 5 rings (SSSR count). The van der Waals surface area contributed by atoms with Crippen LogP contribution in [0.5, 0.6) is 0 Å². The van der Waals surface area contributed by atoms with Gasteiger partial charge in [0.15, 0.2) is 23.2 Å². The van der Waals surface area contributed by atoms with Gasteiger partial charge in [-0.15, -0.1) is 0 Å². The zero-order chi connectivity index (χ0) is 26.1. The summed E-state index contributed by atoms with van der Waals surface area (Å²) >= 11 is 0. The number of nitrogens with one attached hydrogen (secondary N) is 2. The smallest absolute Gasteiger partial charge is 0.255 e. The number of carbonyl (C=O) groups is 2. The van der Waals surface area contributed by atoms with Gasteiger partial charge >= 0.3 is 0 Å². The van der Waals surface area contributed by atoms with Crippen LogP contribution in [-0.4, -0.2) is 36.4 Å². The molecule has 37 heavy (non-hydrogen) atoms. The molecule has 3 aromatic carbocycles. The van der Waals surface area contributed by atoms with E-state index in [1.54, 1.807) is 12.1 Å². The maximum atomic E-state index is 15.2. The third-order valence-corrected chi connectivity index (χ3v) is 5.97. The molecule has 0 radical (unpaired) electrons. The average Bonchev–Trinajstić information content (AvgIpc) is 2.91.